The molecule has 1 aliphatic heterocycles. The van der Waals surface area contributed by atoms with Crippen LogP contribution in [-0.4, -0.2) is 11.7 Å². The van der Waals surface area contributed by atoms with Crippen LogP contribution in [0.3, 0.4) is 0 Å². The fraction of sp³-hybridized carbons (Fsp3) is 0.143. The molecule has 0 saturated heterocycles. The predicted octanol–water partition coefficient (Wildman–Crippen LogP) is 3.55. The number of nitrogens with zero attached hydrogens (tertiary/aromatic N) is 1. The fourth-order valence-electron chi connectivity index (χ4n) is 2.15. The minimum atomic E-state index is -0.444. The van der Waals surface area contributed by atoms with Crippen molar-refractivity contribution in [2.24, 2.45) is 0 Å². The highest BCUT2D eigenvalue weighted by Gasteiger charge is 2.36. The Balaban J connectivity index is 2.02. The van der Waals surface area contributed by atoms with Crippen molar-refractivity contribution >= 4 is 44.6 Å². The van der Waals surface area contributed by atoms with E-state index in [1.54, 1.807) is 22.3 Å². The van der Waals surface area contributed by atoms with Crippen molar-refractivity contribution < 1.29 is 9.59 Å². The van der Waals surface area contributed by atoms with E-state index in [4.69, 9.17) is 0 Å². The van der Waals surface area contributed by atoms with Crippen LogP contribution in [0.2, 0.25) is 0 Å². The number of carbonyl (C=O) groups excluding carboxylic acids is 2. The summed E-state index contributed by atoms with van der Waals surface area (Å²) in [5, 5.41) is 1.96. The standard InChI is InChI=1S/C14H10BrNO2S/c1-8-2-3-11-9(6-8)13(17)14(18)16(11)7-12-10(15)4-5-19-12/h2-6H,7H2,1H3. The maximum Gasteiger partial charge on any atom is 0.299 e. The Kier molecular flexibility index (Phi) is 3.03. The number of Topliss-reactive ketones (excluding diaryl/α,β-unsaturated/α-hetero) is 1. The van der Waals surface area contributed by atoms with E-state index >= 15 is 0 Å². The van der Waals surface area contributed by atoms with Crippen molar-refractivity contribution in [3.8, 4) is 0 Å². The number of thiophene rings is 1. The van der Waals surface area contributed by atoms with Gasteiger partial charge in [0.05, 0.1) is 17.8 Å². The van der Waals surface area contributed by atoms with Crippen molar-refractivity contribution in [2.75, 3.05) is 4.90 Å². The molecule has 0 bridgehead atoms. The molecule has 2 heterocycles. The van der Waals surface area contributed by atoms with Crippen LogP contribution >= 0.6 is 27.3 Å². The van der Waals surface area contributed by atoms with Gasteiger partial charge in [-0.25, -0.2) is 0 Å². The van der Waals surface area contributed by atoms with E-state index in [0.717, 1.165) is 14.9 Å². The van der Waals surface area contributed by atoms with Crippen molar-refractivity contribution in [3.05, 3.63) is 50.1 Å². The Morgan fingerprint density at radius 1 is 1.26 bits per heavy atom. The minimum Gasteiger partial charge on any atom is -0.299 e. The van der Waals surface area contributed by atoms with Crippen molar-refractivity contribution in [2.45, 2.75) is 13.5 Å². The summed E-state index contributed by atoms with van der Waals surface area (Å²) >= 11 is 5.01. The van der Waals surface area contributed by atoms with Gasteiger partial charge in [0.25, 0.3) is 11.7 Å². The van der Waals surface area contributed by atoms with Gasteiger partial charge < -0.3 is 0 Å². The molecular formula is C14H10BrNO2S. The predicted molar refractivity (Wildman–Crippen MR) is 78.7 cm³/mol. The Hall–Kier alpha value is -1.46. The molecular weight excluding hydrogens is 326 g/mol. The number of ketones is 1. The van der Waals surface area contributed by atoms with Gasteiger partial charge in [-0.1, -0.05) is 11.6 Å². The number of benzene rings is 1. The zero-order valence-electron chi connectivity index (χ0n) is 10.1. The monoisotopic (exact) mass is 335 g/mol. The first-order valence-electron chi connectivity index (χ1n) is 5.76. The number of anilines is 1. The molecule has 1 aromatic heterocycles. The van der Waals surface area contributed by atoms with Crippen LogP contribution in [-0.2, 0) is 11.3 Å². The maximum absolute atomic E-state index is 12.1. The van der Waals surface area contributed by atoms with Gasteiger partial charge in [0.15, 0.2) is 0 Å². The summed E-state index contributed by atoms with van der Waals surface area (Å²) in [7, 11) is 0. The molecule has 0 atom stereocenters. The third-order valence-electron chi connectivity index (χ3n) is 3.12. The van der Waals surface area contributed by atoms with E-state index in [2.05, 4.69) is 15.9 Å². The molecule has 19 heavy (non-hydrogen) atoms. The molecule has 0 unspecified atom stereocenters. The number of carbonyl (C=O) groups is 2. The summed E-state index contributed by atoms with van der Waals surface area (Å²) < 4.78 is 0.971. The first kappa shape index (κ1) is 12.6. The number of hydrogen-bond donors (Lipinski definition) is 0. The molecule has 0 radical (unpaired) electrons. The molecule has 1 aliphatic rings. The summed E-state index contributed by atoms with van der Waals surface area (Å²) in [6, 6.07) is 7.48. The fourth-order valence-corrected chi connectivity index (χ4v) is 3.62. The Labute approximate surface area is 123 Å². The van der Waals surface area contributed by atoms with E-state index in [-0.39, 0.29) is 0 Å². The normalized spacial score (nSPS) is 14.1. The van der Waals surface area contributed by atoms with Gasteiger partial charge >= 0.3 is 0 Å². The first-order chi connectivity index (χ1) is 9.08. The Morgan fingerprint density at radius 2 is 2.05 bits per heavy atom. The number of fused-ring (bicyclic) bond motifs is 1. The summed E-state index contributed by atoms with van der Waals surface area (Å²) in [4.78, 5) is 26.6. The first-order valence-corrected chi connectivity index (χ1v) is 7.44. The zero-order valence-corrected chi connectivity index (χ0v) is 12.5. The average Bonchev–Trinajstić information content (AvgIpc) is 2.88. The van der Waals surface area contributed by atoms with Crippen LogP contribution < -0.4 is 4.90 Å². The zero-order chi connectivity index (χ0) is 13.6. The molecule has 2 aromatic rings. The molecule has 3 nitrogen and oxygen atoms in total. The van der Waals surface area contributed by atoms with E-state index in [1.807, 2.05) is 30.5 Å². The second kappa shape index (κ2) is 4.58. The summed E-state index contributed by atoms with van der Waals surface area (Å²) in [6.07, 6.45) is 0. The van der Waals surface area contributed by atoms with E-state index in [0.29, 0.717) is 17.8 Å². The lowest BCUT2D eigenvalue weighted by molar-refractivity contribution is -0.114. The summed E-state index contributed by atoms with van der Waals surface area (Å²) in [5.74, 6) is -0.854. The molecule has 0 fully saturated rings. The van der Waals surface area contributed by atoms with E-state index < -0.39 is 11.7 Å². The maximum atomic E-state index is 12.1. The van der Waals surface area contributed by atoms with Crippen LogP contribution in [0.4, 0.5) is 5.69 Å². The van der Waals surface area contributed by atoms with E-state index in [1.165, 1.54) is 0 Å². The molecule has 0 aliphatic carbocycles. The Morgan fingerprint density at radius 3 is 2.74 bits per heavy atom. The SMILES string of the molecule is Cc1ccc2c(c1)C(=O)C(=O)N2Cc1sccc1Br. The molecule has 0 spiro atoms. The number of amides is 1. The molecule has 0 saturated carbocycles. The largest absolute Gasteiger partial charge is 0.299 e. The van der Waals surface area contributed by atoms with Crippen LogP contribution in [0.15, 0.2) is 34.1 Å². The molecule has 3 rings (SSSR count). The van der Waals surface area contributed by atoms with Crippen LogP contribution in [0.25, 0.3) is 0 Å². The second-order valence-corrected chi connectivity index (χ2v) is 6.29. The lowest BCUT2D eigenvalue weighted by atomic mass is 10.1. The van der Waals surface area contributed by atoms with Gasteiger partial charge in [0.1, 0.15) is 0 Å². The lowest BCUT2D eigenvalue weighted by Gasteiger charge is -2.15. The van der Waals surface area contributed by atoms with Gasteiger partial charge in [-0.3, -0.25) is 14.5 Å². The van der Waals surface area contributed by atoms with Crippen molar-refractivity contribution in [1.29, 1.82) is 0 Å². The molecule has 96 valence electrons. The van der Waals surface area contributed by atoms with Crippen LogP contribution in [0.1, 0.15) is 20.8 Å². The van der Waals surface area contributed by atoms with Gasteiger partial charge in [-0.2, -0.15) is 0 Å². The molecule has 1 aromatic carbocycles. The number of aryl methyl sites for hydroxylation is 1. The molecule has 5 heteroatoms. The minimum absolute atomic E-state index is 0.411. The Bertz CT molecular complexity index is 693. The summed E-state index contributed by atoms with van der Waals surface area (Å²) in [6.45, 7) is 2.34. The highest BCUT2D eigenvalue weighted by atomic mass is 79.9. The van der Waals surface area contributed by atoms with Crippen LogP contribution in [0, 0.1) is 6.92 Å². The number of hydrogen-bond acceptors (Lipinski definition) is 3. The van der Waals surface area contributed by atoms with Gasteiger partial charge in [0.2, 0.25) is 0 Å². The third kappa shape index (κ3) is 2.03. The highest BCUT2D eigenvalue weighted by molar-refractivity contribution is 9.10. The van der Waals surface area contributed by atoms with Gasteiger partial charge in [-0.05, 0) is 46.4 Å². The third-order valence-corrected chi connectivity index (χ3v) is 5.03. The number of halogens is 1. The van der Waals surface area contributed by atoms with Crippen molar-refractivity contribution in [1.82, 2.24) is 0 Å². The van der Waals surface area contributed by atoms with Gasteiger partial charge in [-0.15, -0.1) is 11.3 Å². The quantitative estimate of drug-likeness (QED) is 0.787. The second-order valence-electron chi connectivity index (χ2n) is 4.43. The molecule has 0 N–H and O–H groups in total. The van der Waals surface area contributed by atoms with E-state index in [9.17, 15) is 9.59 Å². The van der Waals surface area contributed by atoms with Crippen molar-refractivity contribution in [3.63, 3.8) is 0 Å². The highest BCUT2D eigenvalue weighted by Crippen LogP contribution is 2.33. The summed E-state index contributed by atoms with van der Waals surface area (Å²) in [5.41, 5.74) is 2.21. The molecule has 1 amide bonds. The topological polar surface area (TPSA) is 37.4 Å². The average molecular weight is 336 g/mol. The van der Waals surface area contributed by atoms with Gasteiger partial charge in [0, 0.05) is 9.35 Å². The number of rotatable bonds is 2. The van der Waals surface area contributed by atoms with Crippen LogP contribution in [0.5, 0.6) is 0 Å². The smallest absolute Gasteiger partial charge is 0.299 e. The lowest BCUT2D eigenvalue weighted by Crippen LogP contribution is -2.28.